The van der Waals surface area contributed by atoms with E-state index in [1.54, 1.807) is 7.11 Å². The van der Waals surface area contributed by atoms with Crippen molar-refractivity contribution in [2.45, 2.75) is 39.5 Å². The molecule has 148 valence electrons. The molecule has 0 radical (unpaired) electrons. The molecule has 1 aliphatic heterocycles. The van der Waals surface area contributed by atoms with E-state index >= 15 is 0 Å². The van der Waals surface area contributed by atoms with Gasteiger partial charge >= 0.3 is 5.97 Å². The van der Waals surface area contributed by atoms with Crippen molar-refractivity contribution in [3.8, 4) is 5.75 Å². The van der Waals surface area contributed by atoms with Gasteiger partial charge in [-0.15, -0.1) is 0 Å². The van der Waals surface area contributed by atoms with Crippen LogP contribution in [0.2, 0.25) is 0 Å². The number of nitrogens with zero attached hydrogens (tertiary/aromatic N) is 1. The Balaban J connectivity index is 2.19. The zero-order valence-corrected chi connectivity index (χ0v) is 17.0. The fourth-order valence-corrected chi connectivity index (χ4v) is 4.24. The zero-order valence-electron chi connectivity index (χ0n) is 17.0. The van der Waals surface area contributed by atoms with Crippen LogP contribution in [-0.4, -0.2) is 31.2 Å². The molecule has 1 unspecified atom stereocenters. The van der Waals surface area contributed by atoms with Gasteiger partial charge < -0.3 is 9.47 Å². The van der Waals surface area contributed by atoms with Gasteiger partial charge in [0.2, 0.25) is 0 Å². The lowest BCUT2D eigenvalue weighted by Crippen LogP contribution is -2.39. The molecule has 0 saturated heterocycles. The normalized spacial score (nSPS) is 23.6. The zero-order chi connectivity index (χ0) is 20.5. The molecule has 1 aliphatic carbocycles. The summed E-state index contributed by atoms with van der Waals surface area (Å²) in [6.45, 7) is 9.70. The number of hydrogen-bond donors (Lipinski definition) is 0. The number of ether oxygens (including phenoxy) is 2. The maximum Gasteiger partial charge on any atom is 0.315 e. The molecule has 0 fully saturated rings. The Hall–Kier alpha value is -2.69. The molecule has 0 spiro atoms. The van der Waals surface area contributed by atoms with Crippen LogP contribution in [0.1, 0.15) is 45.1 Å². The van der Waals surface area contributed by atoms with Crippen molar-refractivity contribution in [2.75, 3.05) is 13.7 Å². The molecule has 1 aromatic carbocycles. The summed E-state index contributed by atoms with van der Waals surface area (Å²) in [5.41, 5.74) is 2.72. The van der Waals surface area contributed by atoms with Crippen LogP contribution >= 0.6 is 0 Å². The van der Waals surface area contributed by atoms with Crippen LogP contribution in [0, 0.1) is 11.3 Å². The van der Waals surface area contributed by atoms with Crippen LogP contribution in [0.4, 0.5) is 0 Å². The summed E-state index contributed by atoms with van der Waals surface area (Å²) in [4.78, 5) is 30.8. The Morgan fingerprint density at radius 2 is 2.04 bits per heavy atom. The number of aliphatic imine (C=N–C) groups is 1. The predicted molar refractivity (Wildman–Crippen MR) is 109 cm³/mol. The first kappa shape index (κ1) is 20.1. The van der Waals surface area contributed by atoms with Gasteiger partial charge in [0, 0.05) is 34.9 Å². The molecule has 0 aromatic heterocycles. The molecule has 0 saturated carbocycles. The average molecular weight is 381 g/mol. The number of Topliss-reactive ketones (excluding diaryl/α,β-unsaturated/α-hetero) is 1. The highest BCUT2D eigenvalue weighted by Gasteiger charge is 2.46. The summed E-state index contributed by atoms with van der Waals surface area (Å²) in [5.74, 6) is -0.848. The van der Waals surface area contributed by atoms with Crippen molar-refractivity contribution in [3.63, 3.8) is 0 Å². The fourth-order valence-electron chi connectivity index (χ4n) is 4.24. The van der Waals surface area contributed by atoms with Crippen molar-refractivity contribution in [3.05, 3.63) is 53.8 Å². The number of carbonyl (C=O) groups excluding carboxylic acids is 2. The molecule has 5 heteroatoms. The van der Waals surface area contributed by atoms with Crippen molar-refractivity contribution in [1.82, 2.24) is 0 Å². The van der Waals surface area contributed by atoms with Crippen LogP contribution in [0.15, 0.2) is 53.2 Å². The number of ketones is 1. The van der Waals surface area contributed by atoms with Gasteiger partial charge in [-0.3, -0.25) is 14.6 Å². The first-order valence-electron chi connectivity index (χ1n) is 9.51. The van der Waals surface area contributed by atoms with E-state index < -0.39 is 17.8 Å². The molecule has 1 aromatic rings. The van der Waals surface area contributed by atoms with Crippen molar-refractivity contribution in [1.29, 1.82) is 0 Å². The second kappa shape index (κ2) is 7.74. The minimum Gasteiger partial charge on any atom is -0.496 e. The molecule has 2 atom stereocenters. The van der Waals surface area contributed by atoms with E-state index in [9.17, 15) is 9.59 Å². The largest absolute Gasteiger partial charge is 0.496 e. The van der Waals surface area contributed by atoms with Gasteiger partial charge in [-0.2, -0.15) is 0 Å². The van der Waals surface area contributed by atoms with Crippen molar-refractivity contribution < 1.29 is 19.1 Å². The highest BCUT2D eigenvalue weighted by molar-refractivity contribution is 6.09. The minimum atomic E-state index is -0.667. The summed E-state index contributed by atoms with van der Waals surface area (Å²) >= 11 is 0. The van der Waals surface area contributed by atoms with Gasteiger partial charge in [-0.05, 0) is 24.8 Å². The number of benzene rings is 1. The molecule has 1 heterocycles. The maximum absolute atomic E-state index is 13.2. The van der Waals surface area contributed by atoms with E-state index in [0.29, 0.717) is 29.9 Å². The van der Waals surface area contributed by atoms with Gasteiger partial charge in [0.1, 0.15) is 18.3 Å². The quantitative estimate of drug-likeness (QED) is 0.565. The molecule has 5 nitrogen and oxygen atoms in total. The predicted octanol–water partition coefficient (Wildman–Crippen LogP) is 4.24. The number of allylic oxidation sites excluding steroid dienone is 2. The molecule has 28 heavy (non-hydrogen) atoms. The van der Waals surface area contributed by atoms with Gasteiger partial charge in [0.15, 0.2) is 5.78 Å². The lowest BCUT2D eigenvalue weighted by molar-refractivity contribution is -0.145. The minimum absolute atomic E-state index is 0.0416. The van der Waals surface area contributed by atoms with Gasteiger partial charge in [0.05, 0.1) is 7.11 Å². The van der Waals surface area contributed by atoms with Crippen LogP contribution in [0.3, 0.4) is 0 Å². The number of methoxy groups -OCH3 is 1. The third-order valence-corrected chi connectivity index (χ3v) is 5.37. The topological polar surface area (TPSA) is 65.0 Å². The number of esters is 1. The molecular formula is C23H27NO4. The molecule has 3 rings (SSSR count). The summed E-state index contributed by atoms with van der Waals surface area (Å²) < 4.78 is 10.9. The fraction of sp³-hybridized carbons (Fsp3) is 0.435. The Morgan fingerprint density at radius 1 is 1.32 bits per heavy atom. The second-order valence-corrected chi connectivity index (χ2v) is 8.17. The van der Waals surface area contributed by atoms with Crippen molar-refractivity contribution in [2.24, 2.45) is 16.3 Å². The van der Waals surface area contributed by atoms with Crippen LogP contribution in [0.25, 0.3) is 0 Å². The lowest BCUT2D eigenvalue weighted by atomic mass is 9.66. The van der Waals surface area contributed by atoms with Gasteiger partial charge in [0.25, 0.3) is 0 Å². The molecule has 2 aliphatic rings. The summed E-state index contributed by atoms with van der Waals surface area (Å²) in [5, 5.41) is 0. The number of rotatable bonds is 5. The number of hydrogen-bond acceptors (Lipinski definition) is 5. The lowest BCUT2D eigenvalue weighted by Gasteiger charge is -2.39. The molecule has 0 amide bonds. The van der Waals surface area contributed by atoms with E-state index in [4.69, 9.17) is 14.5 Å². The molecule has 0 bridgehead atoms. The first-order chi connectivity index (χ1) is 13.3. The highest BCUT2D eigenvalue weighted by Crippen LogP contribution is 2.49. The van der Waals surface area contributed by atoms with Crippen LogP contribution in [-0.2, 0) is 14.3 Å². The van der Waals surface area contributed by atoms with Crippen molar-refractivity contribution >= 4 is 17.5 Å². The number of para-hydroxylation sites is 1. The van der Waals surface area contributed by atoms with Gasteiger partial charge in [-0.25, -0.2) is 0 Å². The van der Waals surface area contributed by atoms with E-state index in [-0.39, 0.29) is 17.8 Å². The Labute approximate surface area is 166 Å². The molecule has 0 N–H and O–H groups in total. The third kappa shape index (κ3) is 3.66. The van der Waals surface area contributed by atoms with E-state index in [1.165, 1.54) is 6.08 Å². The first-order valence-corrected chi connectivity index (χ1v) is 9.51. The summed E-state index contributed by atoms with van der Waals surface area (Å²) in [7, 11) is 1.59. The monoisotopic (exact) mass is 381 g/mol. The SMILES string of the molecule is C=CCOC(=O)C1C(C)=NC2=C(C(=O)CC(C)(C)C2)[C@@H]1c1ccccc1OC. The standard InChI is InChI=1S/C23H27NO4/c1-6-11-28-22(26)19-14(2)24-16-12-23(3,4)13-17(25)21(16)20(19)15-9-7-8-10-18(15)27-5/h6-10,19-20H,1,11-13H2,2-5H3/t19?,20-/m1/s1. The maximum atomic E-state index is 13.2. The third-order valence-electron chi connectivity index (χ3n) is 5.37. The smallest absolute Gasteiger partial charge is 0.315 e. The number of carbonyl (C=O) groups is 2. The van der Waals surface area contributed by atoms with E-state index in [1.807, 2.05) is 31.2 Å². The highest BCUT2D eigenvalue weighted by atomic mass is 16.5. The van der Waals surface area contributed by atoms with Gasteiger partial charge in [-0.1, -0.05) is 44.7 Å². The average Bonchev–Trinajstić information content (AvgIpc) is 2.63. The molecular weight excluding hydrogens is 354 g/mol. The second-order valence-electron chi connectivity index (χ2n) is 8.17. The van der Waals surface area contributed by atoms with Crippen LogP contribution < -0.4 is 4.74 Å². The van der Waals surface area contributed by atoms with Crippen LogP contribution in [0.5, 0.6) is 5.75 Å². The van der Waals surface area contributed by atoms with E-state index in [2.05, 4.69) is 20.4 Å². The Kier molecular flexibility index (Phi) is 5.54. The Morgan fingerprint density at radius 3 is 2.71 bits per heavy atom. The Bertz CT molecular complexity index is 878. The summed E-state index contributed by atoms with van der Waals surface area (Å²) in [6.07, 6.45) is 2.66. The van der Waals surface area contributed by atoms with E-state index in [0.717, 1.165) is 11.3 Å². The summed E-state index contributed by atoms with van der Waals surface area (Å²) in [6, 6.07) is 7.52.